The second-order valence-electron chi connectivity index (χ2n) is 11.7. The Morgan fingerprint density at radius 1 is 0.375 bits per heavy atom. The van der Waals surface area contributed by atoms with Gasteiger partial charge < -0.3 is 59.1 Å². The summed E-state index contributed by atoms with van der Waals surface area (Å²) in [5.41, 5.74) is 0. The van der Waals surface area contributed by atoms with Crippen molar-refractivity contribution >= 4 is 35.8 Å². The largest absolute Gasteiger partial charge is 0.461 e. The van der Waals surface area contributed by atoms with Gasteiger partial charge in [0.15, 0.2) is 24.4 Å². The number of esters is 6. The zero-order chi connectivity index (χ0) is 37.1. The van der Waals surface area contributed by atoms with Crippen molar-refractivity contribution in [2.45, 2.75) is 141 Å². The molecule has 0 heterocycles. The Kier molecular flexibility index (Phi) is 21.4. The summed E-state index contributed by atoms with van der Waals surface area (Å²) in [5, 5.41) is 58.2. The quantitative estimate of drug-likeness (QED) is 0.0515. The molecule has 6 unspecified atom stereocenters. The molecule has 0 spiro atoms. The van der Waals surface area contributed by atoms with Gasteiger partial charge >= 0.3 is 35.8 Å². The molecule has 0 saturated heterocycles. The summed E-state index contributed by atoms with van der Waals surface area (Å²) in [6.07, 6.45) is -18.9. The minimum atomic E-state index is -2.06. The van der Waals surface area contributed by atoms with Gasteiger partial charge in [0.1, 0.15) is 13.2 Å². The van der Waals surface area contributed by atoms with Crippen LogP contribution >= 0.6 is 0 Å². The molecule has 0 bridgehead atoms. The summed E-state index contributed by atoms with van der Waals surface area (Å²) in [6, 6.07) is 0. The SMILES string of the molecule is CC(O)CC(=O)OC[C@@H](OC(=O)CC(C)O)[C@@H](OC(=O)CC(C)O)[C@H](OC(=O)CC(C)O)[C@@H](COC(=O)CC(C)O)OC(=O)CC(C)O. The molecule has 10 atom stereocenters. The molecule has 0 fully saturated rings. The molecular formula is C30H50O18. The van der Waals surface area contributed by atoms with Crippen LogP contribution in [0.5, 0.6) is 0 Å². The summed E-state index contributed by atoms with van der Waals surface area (Å²) >= 11 is 0. The zero-order valence-electron chi connectivity index (χ0n) is 28.0. The molecule has 18 nitrogen and oxygen atoms in total. The number of carbonyl (C=O) groups excluding carboxylic acids is 6. The van der Waals surface area contributed by atoms with Crippen LogP contribution in [0.15, 0.2) is 0 Å². The first kappa shape index (κ1) is 44.6. The lowest BCUT2D eigenvalue weighted by Crippen LogP contribution is -2.55. The van der Waals surface area contributed by atoms with Gasteiger partial charge in [-0.05, 0) is 41.5 Å². The van der Waals surface area contributed by atoms with Gasteiger partial charge in [-0.1, -0.05) is 0 Å². The smallest absolute Gasteiger partial charge is 0.308 e. The third-order valence-electron chi connectivity index (χ3n) is 5.75. The zero-order valence-corrected chi connectivity index (χ0v) is 28.0. The number of rotatable bonds is 23. The third kappa shape index (κ3) is 21.5. The Morgan fingerprint density at radius 2 is 0.583 bits per heavy atom. The number of aliphatic hydroxyl groups is 6. The summed E-state index contributed by atoms with van der Waals surface area (Å²) in [4.78, 5) is 76.0. The van der Waals surface area contributed by atoms with Crippen molar-refractivity contribution in [3.63, 3.8) is 0 Å². The van der Waals surface area contributed by atoms with Crippen molar-refractivity contribution in [1.29, 1.82) is 0 Å². The van der Waals surface area contributed by atoms with Crippen molar-refractivity contribution in [1.82, 2.24) is 0 Å². The minimum absolute atomic E-state index is 0.521. The fourth-order valence-electron chi connectivity index (χ4n) is 3.85. The van der Waals surface area contributed by atoms with Crippen molar-refractivity contribution in [3.8, 4) is 0 Å². The highest BCUT2D eigenvalue weighted by atomic mass is 16.6. The molecule has 48 heavy (non-hydrogen) atoms. The summed E-state index contributed by atoms with van der Waals surface area (Å²) in [6.45, 7) is 5.68. The lowest BCUT2D eigenvalue weighted by Gasteiger charge is -2.36. The third-order valence-corrected chi connectivity index (χ3v) is 5.75. The summed E-state index contributed by atoms with van der Waals surface area (Å²) in [5.74, 6) is -6.64. The second kappa shape index (κ2) is 23.0. The van der Waals surface area contributed by atoms with Crippen LogP contribution in [0.1, 0.15) is 80.1 Å². The van der Waals surface area contributed by atoms with Crippen LogP contribution in [0, 0.1) is 0 Å². The van der Waals surface area contributed by atoms with Gasteiger partial charge in [0.25, 0.3) is 0 Å². The second-order valence-corrected chi connectivity index (χ2v) is 11.7. The normalized spacial score (nSPS) is 17.5. The highest BCUT2D eigenvalue weighted by molar-refractivity contribution is 5.73. The predicted octanol–water partition coefficient (Wildman–Crippen LogP) is -1.65. The van der Waals surface area contributed by atoms with Crippen molar-refractivity contribution in [2.75, 3.05) is 13.2 Å². The molecular weight excluding hydrogens is 648 g/mol. The topological polar surface area (TPSA) is 279 Å². The first-order chi connectivity index (χ1) is 22.2. The van der Waals surface area contributed by atoms with Crippen LogP contribution in [-0.2, 0) is 57.2 Å². The van der Waals surface area contributed by atoms with Gasteiger partial charge in [0.2, 0.25) is 0 Å². The van der Waals surface area contributed by atoms with Crippen LogP contribution in [-0.4, -0.2) is 141 Å². The Labute approximate surface area is 278 Å². The van der Waals surface area contributed by atoms with E-state index in [1.165, 1.54) is 41.5 Å². The van der Waals surface area contributed by atoms with Crippen molar-refractivity contribution < 1.29 is 87.8 Å². The molecule has 278 valence electrons. The lowest BCUT2D eigenvalue weighted by atomic mass is 10.0. The molecule has 0 aromatic carbocycles. The van der Waals surface area contributed by atoms with Crippen LogP contribution in [0.2, 0.25) is 0 Å². The first-order valence-corrected chi connectivity index (χ1v) is 15.4. The van der Waals surface area contributed by atoms with Gasteiger partial charge in [-0.2, -0.15) is 0 Å². The Hall–Kier alpha value is -3.42. The van der Waals surface area contributed by atoms with Crippen molar-refractivity contribution in [2.24, 2.45) is 0 Å². The van der Waals surface area contributed by atoms with Crippen LogP contribution < -0.4 is 0 Å². The Morgan fingerprint density at radius 3 is 0.812 bits per heavy atom. The van der Waals surface area contributed by atoms with Gasteiger partial charge in [-0.15, -0.1) is 0 Å². The van der Waals surface area contributed by atoms with E-state index in [1.807, 2.05) is 0 Å². The molecule has 0 aliphatic carbocycles. The molecule has 18 heteroatoms. The van der Waals surface area contributed by atoms with Gasteiger partial charge in [0.05, 0.1) is 75.1 Å². The maximum atomic E-state index is 12.9. The maximum absolute atomic E-state index is 12.9. The van der Waals surface area contributed by atoms with E-state index in [9.17, 15) is 59.4 Å². The van der Waals surface area contributed by atoms with E-state index in [0.29, 0.717) is 0 Å². The molecule has 0 aliphatic rings. The van der Waals surface area contributed by atoms with E-state index in [4.69, 9.17) is 28.4 Å². The number of ether oxygens (including phenoxy) is 6. The summed E-state index contributed by atoms with van der Waals surface area (Å²) < 4.78 is 32.0. The molecule has 0 rings (SSSR count). The standard InChI is InChI=1S/C30H50O18/c1-15(31)7-23(37)43-13-21(45-25(39)9-17(3)33)29(47-27(41)11-19(5)35)30(48-28(42)12-20(6)36)22(46-26(40)10-18(4)34)14-44-24(38)8-16(2)32/h15-22,29-36H,7-14H2,1-6H3/t15?,16?,17?,18?,19?,20?,21-,22-,29-,30-/m1/s1. The molecule has 0 saturated carbocycles. The minimum Gasteiger partial charge on any atom is -0.461 e. The van der Waals surface area contributed by atoms with Crippen molar-refractivity contribution in [3.05, 3.63) is 0 Å². The fourth-order valence-corrected chi connectivity index (χ4v) is 3.85. The molecule has 6 N–H and O–H groups in total. The average molecular weight is 699 g/mol. The number of hydrogen-bond acceptors (Lipinski definition) is 18. The Balaban J connectivity index is 7.23. The van der Waals surface area contributed by atoms with Gasteiger partial charge in [-0.3, -0.25) is 28.8 Å². The lowest BCUT2D eigenvalue weighted by molar-refractivity contribution is -0.211. The average Bonchev–Trinajstić information content (AvgIpc) is 2.88. The van der Waals surface area contributed by atoms with Crippen LogP contribution in [0.3, 0.4) is 0 Å². The van der Waals surface area contributed by atoms with Crippen LogP contribution in [0.25, 0.3) is 0 Å². The van der Waals surface area contributed by atoms with Gasteiger partial charge in [-0.25, -0.2) is 0 Å². The van der Waals surface area contributed by atoms with E-state index < -0.39 is 149 Å². The van der Waals surface area contributed by atoms with E-state index in [-0.39, 0.29) is 0 Å². The van der Waals surface area contributed by atoms with E-state index >= 15 is 0 Å². The van der Waals surface area contributed by atoms with Gasteiger partial charge in [0, 0.05) is 0 Å². The highest BCUT2D eigenvalue weighted by Gasteiger charge is 2.46. The van der Waals surface area contributed by atoms with E-state index in [1.54, 1.807) is 0 Å². The maximum Gasteiger partial charge on any atom is 0.308 e. The molecule has 0 aliphatic heterocycles. The first-order valence-electron chi connectivity index (χ1n) is 15.4. The highest BCUT2D eigenvalue weighted by Crippen LogP contribution is 2.23. The Bertz CT molecular complexity index is 941. The van der Waals surface area contributed by atoms with E-state index in [0.717, 1.165) is 0 Å². The van der Waals surface area contributed by atoms with Crippen LogP contribution in [0.4, 0.5) is 0 Å². The molecule has 0 radical (unpaired) electrons. The molecule has 0 amide bonds. The fraction of sp³-hybridized carbons (Fsp3) is 0.800. The molecule has 0 aromatic heterocycles. The van der Waals surface area contributed by atoms with E-state index in [2.05, 4.69) is 0 Å². The molecule has 0 aromatic rings. The number of aliphatic hydroxyl groups excluding tert-OH is 6. The number of carbonyl (C=O) groups is 6. The number of hydrogen-bond donors (Lipinski definition) is 6. The summed E-state index contributed by atoms with van der Waals surface area (Å²) in [7, 11) is 0. The monoisotopic (exact) mass is 698 g/mol. The predicted molar refractivity (Wildman–Crippen MR) is 159 cm³/mol.